The molecule has 4 rings (SSSR count). The Kier molecular flexibility index (Phi) is 8.07. The number of hydrogen-bond acceptors (Lipinski definition) is 8. The third-order valence-corrected chi connectivity index (χ3v) is 7.42. The first-order chi connectivity index (χ1) is 17.6. The normalized spacial score (nSPS) is 15.4. The summed E-state index contributed by atoms with van der Waals surface area (Å²) in [6.45, 7) is -0.915. The van der Waals surface area contributed by atoms with Gasteiger partial charge in [0.1, 0.15) is 5.82 Å². The molecule has 0 bridgehead atoms. The Hall–Kier alpha value is -3.52. The Morgan fingerprint density at radius 2 is 1.59 bits per heavy atom. The van der Waals surface area contributed by atoms with Gasteiger partial charge in [0.25, 0.3) is 0 Å². The highest BCUT2D eigenvalue weighted by Gasteiger charge is 2.31. The zero-order valence-electron chi connectivity index (χ0n) is 19.4. The predicted octanol–water partition coefficient (Wildman–Crippen LogP) is 3.83. The van der Waals surface area contributed by atoms with E-state index in [4.69, 9.17) is 4.74 Å². The Bertz CT molecular complexity index is 1290. The highest BCUT2D eigenvalue weighted by Crippen LogP contribution is 2.23. The maximum absolute atomic E-state index is 13.1. The molecule has 0 radical (unpaired) electrons. The molecule has 1 aromatic heterocycles. The highest BCUT2D eigenvalue weighted by atomic mass is 32.2. The second-order valence-corrected chi connectivity index (χ2v) is 10.2. The summed E-state index contributed by atoms with van der Waals surface area (Å²) in [7, 11) is -3.63. The van der Waals surface area contributed by atoms with Crippen molar-refractivity contribution in [3.63, 3.8) is 0 Å². The number of sulfonamides is 1. The van der Waals surface area contributed by atoms with E-state index in [0.717, 1.165) is 0 Å². The van der Waals surface area contributed by atoms with Crippen LogP contribution in [-0.4, -0.2) is 59.6 Å². The van der Waals surface area contributed by atoms with Crippen LogP contribution in [0.5, 0.6) is 6.01 Å². The Morgan fingerprint density at radius 3 is 2.24 bits per heavy atom. The molecule has 0 spiro atoms. The molecule has 14 heteroatoms. The largest absolute Gasteiger partial charge is 0.454 e. The summed E-state index contributed by atoms with van der Waals surface area (Å²) < 4.78 is 82.9. The van der Waals surface area contributed by atoms with Crippen LogP contribution >= 0.6 is 0 Å². The third-order valence-electron chi connectivity index (χ3n) is 5.51. The molecule has 0 unspecified atom stereocenters. The number of halogens is 4. The van der Waals surface area contributed by atoms with Crippen molar-refractivity contribution >= 4 is 21.9 Å². The van der Waals surface area contributed by atoms with Gasteiger partial charge in [-0.2, -0.15) is 32.4 Å². The fourth-order valence-electron chi connectivity index (χ4n) is 3.66. The zero-order valence-corrected chi connectivity index (χ0v) is 20.3. The number of piperidine rings is 1. The van der Waals surface area contributed by atoms with Gasteiger partial charge in [-0.05, 0) is 42.7 Å². The minimum absolute atomic E-state index is 0.0156. The summed E-state index contributed by atoms with van der Waals surface area (Å²) in [4.78, 5) is 12.2. The third kappa shape index (κ3) is 7.49. The molecule has 37 heavy (non-hydrogen) atoms. The molecule has 2 N–H and O–H groups in total. The van der Waals surface area contributed by atoms with E-state index in [9.17, 15) is 26.0 Å². The number of anilines is 2. The number of nitrogens with one attached hydrogen (secondary N) is 2. The molecule has 0 amide bonds. The van der Waals surface area contributed by atoms with Gasteiger partial charge in [-0.15, -0.1) is 0 Å². The average molecular weight is 541 g/mol. The summed E-state index contributed by atoms with van der Waals surface area (Å²) in [5.74, 6) is -0.456. The van der Waals surface area contributed by atoms with Gasteiger partial charge in [0.15, 0.2) is 6.61 Å². The molecule has 198 valence electrons. The molecule has 1 aliphatic heterocycles. The quantitative estimate of drug-likeness (QED) is 0.394. The van der Waals surface area contributed by atoms with Crippen LogP contribution in [0.3, 0.4) is 0 Å². The Labute approximate surface area is 211 Å². The lowest BCUT2D eigenvalue weighted by Crippen LogP contribution is -2.42. The molecular weight excluding hydrogens is 516 g/mol. The van der Waals surface area contributed by atoms with E-state index < -0.39 is 34.6 Å². The summed E-state index contributed by atoms with van der Waals surface area (Å²) in [6.07, 6.45) is -3.73. The molecule has 2 aromatic carbocycles. The molecule has 1 aliphatic rings. The van der Waals surface area contributed by atoms with Crippen molar-refractivity contribution in [3.8, 4) is 6.01 Å². The first-order valence-corrected chi connectivity index (χ1v) is 12.8. The summed E-state index contributed by atoms with van der Waals surface area (Å²) in [6, 6.07) is 13.0. The molecule has 0 saturated carbocycles. The van der Waals surface area contributed by atoms with Crippen molar-refractivity contribution in [2.75, 3.05) is 30.3 Å². The molecule has 3 aromatic rings. The van der Waals surface area contributed by atoms with Crippen LogP contribution in [0.4, 0.5) is 29.5 Å². The Morgan fingerprint density at radius 1 is 0.946 bits per heavy atom. The monoisotopic (exact) mass is 540 g/mol. The number of alkyl halides is 3. The maximum Gasteiger partial charge on any atom is 0.422 e. The van der Waals surface area contributed by atoms with Crippen LogP contribution in [0, 0.1) is 5.82 Å². The van der Waals surface area contributed by atoms with Crippen molar-refractivity contribution in [2.24, 2.45) is 0 Å². The van der Waals surface area contributed by atoms with E-state index in [1.165, 1.54) is 28.6 Å². The van der Waals surface area contributed by atoms with Gasteiger partial charge in [0.05, 0.1) is 4.90 Å². The molecule has 2 heterocycles. The van der Waals surface area contributed by atoms with Crippen molar-refractivity contribution in [1.29, 1.82) is 0 Å². The number of aromatic nitrogens is 3. The van der Waals surface area contributed by atoms with Crippen LogP contribution in [0.25, 0.3) is 0 Å². The smallest absolute Gasteiger partial charge is 0.422 e. The van der Waals surface area contributed by atoms with Gasteiger partial charge in [-0.1, -0.05) is 30.3 Å². The van der Waals surface area contributed by atoms with Gasteiger partial charge in [-0.3, -0.25) is 0 Å². The fraction of sp³-hybridized carbons (Fsp3) is 0.348. The van der Waals surface area contributed by atoms with Gasteiger partial charge in [0, 0.05) is 25.7 Å². The van der Waals surface area contributed by atoms with E-state index in [1.807, 2.05) is 0 Å². The number of rotatable bonds is 9. The number of benzene rings is 2. The van der Waals surface area contributed by atoms with Crippen molar-refractivity contribution in [1.82, 2.24) is 19.3 Å². The minimum atomic E-state index is -4.58. The lowest BCUT2D eigenvalue weighted by molar-refractivity contribution is -0.154. The van der Waals surface area contributed by atoms with Gasteiger partial charge in [-0.25, -0.2) is 12.8 Å². The van der Waals surface area contributed by atoms with Crippen LogP contribution in [0.1, 0.15) is 18.4 Å². The minimum Gasteiger partial charge on any atom is -0.454 e. The van der Waals surface area contributed by atoms with Gasteiger partial charge >= 0.3 is 12.2 Å². The SMILES string of the molecule is O=S(=O)(c1ccccc1)N1CCC(Nc2nc(NCc3ccc(F)cc3)nc(OCC(F)(F)F)n2)CC1. The van der Waals surface area contributed by atoms with Crippen LogP contribution in [-0.2, 0) is 16.6 Å². The van der Waals surface area contributed by atoms with E-state index in [-0.39, 0.29) is 42.5 Å². The topological polar surface area (TPSA) is 109 Å². The van der Waals surface area contributed by atoms with Gasteiger partial charge in [0.2, 0.25) is 21.9 Å². The fourth-order valence-corrected chi connectivity index (χ4v) is 5.15. The first kappa shape index (κ1) is 26.5. The Balaban J connectivity index is 1.43. The van der Waals surface area contributed by atoms with Crippen molar-refractivity contribution in [3.05, 3.63) is 66.0 Å². The molecule has 1 saturated heterocycles. The molecule has 0 aliphatic carbocycles. The van der Waals surface area contributed by atoms with Crippen molar-refractivity contribution in [2.45, 2.75) is 36.5 Å². The maximum atomic E-state index is 13.1. The average Bonchev–Trinajstić information content (AvgIpc) is 2.87. The van der Waals surface area contributed by atoms with Gasteiger partial charge < -0.3 is 15.4 Å². The highest BCUT2D eigenvalue weighted by molar-refractivity contribution is 7.89. The number of nitrogens with zero attached hydrogens (tertiary/aromatic N) is 4. The van der Waals surface area contributed by atoms with Crippen LogP contribution in [0.15, 0.2) is 59.5 Å². The van der Waals surface area contributed by atoms with E-state index in [2.05, 4.69) is 25.6 Å². The summed E-state index contributed by atoms with van der Waals surface area (Å²) in [5, 5.41) is 5.91. The first-order valence-electron chi connectivity index (χ1n) is 11.3. The van der Waals surface area contributed by atoms with E-state index >= 15 is 0 Å². The summed E-state index contributed by atoms with van der Waals surface area (Å²) in [5.41, 5.74) is 0.695. The lowest BCUT2D eigenvalue weighted by atomic mass is 10.1. The molecular formula is C23H24F4N6O3S. The number of ether oxygens (including phenoxy) is 1. The predicted molar refractivity (Wildman–Crippen MR) is 127 cm³/mol. The molecule has 9 nitrogen and oxygen atoms in total. The standard InChI is InChI=1S/C23H24F4N6O3S/c24-17-8-6-16(7-9-17)14-28-20-30-21(32-22(31-20)36-15-23(25,26)27)29-18-10-12-33(13-11-18)37(34,35)19-4-2-1-3-5-19/h1-9,18H,10-15H2,(H2,28,29,30,31,32). The lowest BCUT2D eigenvalue weighted by Gasteiger charge is -2.31. The van der Waals surface area contributed by atoms with Crippen LogP contribution < -0.4 is 15.4 Å². The van der Waals surface area contributed by atoms with E-state index in [0.29, 0.717) is 18.4 Å². The zero-order chi connectivity index (χ0) is 26.5. The molecule has 1 fully saturated rings. The van der Waals surface area contributed by atoms with E-state index in [1.54, 1.807) is 30.3 Å². The second kappa shape index (κ2) is 11.3. The summed E-state index contributed by atoms with van der Waals surface area (Å²) >= 11 is 0. The second-order valence-electron chi connectivity index (χ2n) is 8.28. The van der Waals surface area contributed by atoms with Crippen molar-refractivity contribution < 1.29 is 30.7 Å². The number of hydrogen-bond donors (Lipinski definition) is 2. The molecule has 0 atom stereocenters. The van der Waals surface area contributed by atoms with Crippen LogP contribution in [0.2, 0.25) is 0 Å².